The van der Waals surface area contributed by atoms with Crippen LogP contribution in [-0.2, 0) is 14.9 Å². The molecule has 1 fully saturated rings. The number of aromatic nitrogens is 1. The summed E-state index contributed by atoms with van der Waals surface area (Å²) in [5, 5.41) is 1.56. The molecule has 2 aromatic carbocycles. The van der Waals surface area contributed by atoms with Crippen molar-refractivity contribution >= 4 is 28.5 Å². The summed E-state index contributed by atoms with van der Waals surface area (Å²) in [6, 6.07) is 15.7. The first-order valence-electron chi connectivity index (χ1n) is 8.28. The normalized spacial score (nSPS) is 15.8. The molecular weight excluding hydrogens is 338 g/mol. The number of hydrogen-bond donors (Lipinski definition) is 1. The third-order valence-corrected chi connectivity index (χ3v) is 4.98. The number of carbonyl (C=O) groups excluding carboxylic acids is 1. The molecule has 128 valence electrons. The van der Waals surface area contributed by atoms with Crippen molar-refractivity contribution in [1.29, 1.82) is 0 Å². The molecule has 5 heteroatoms. The summed E-state index contributed by atoms with van der Waals surface area (Å²) in [4.78, 5) is 15.8. The van der Waals surface area contributed by atoms with Crippen LogP contribution in [0.4, 0.5) is 0 Å². The van der Waals surface area contributed by atoms with Gasteiger partial charge in [-0.25, -0.2) is 4.79 Å². The lowest BCUT2D eigenvalue weighted by atomic mass is 9.71. The highest BCUT2D eigenvalue weighted by Crippen LogP contribution is 2.44. The van der Waals surface area contributed by atoms with E-state index in [0.29, 0.717) is 30.5 Å². The van der Waals surface area contributed by atoms with Crippen molar-refractivity contribution in [3.05, 3.63) is 70.4 Å². The van der Waals surface area contributed by atoms with Gasteiger partial charge < -0.3 is 14.5 Å². The zero-order valence-electron chi connectivity index (χ0n) is 13.8. The quantitative estimate of drug-likeness (QED) is 0.709. The van der Waals surface area contributed by atoms with E-state index in [4.69, 9.17) is 21.1 Å². The topological polar surface area (TPSA) is 51.3 Å². The fraction of sp³-hybridized carbons (Fsp3) is 0.250. The van der Waals surface area contributed by atoms with Gasteiger partial charge in [-0.15, -0.1) is 0 Å². The van der Waals surface area contributed by atoms with Gasteiger partial charge in [0.15, 0.2) is 0 Å². The van der Waals surface area contributed by atoms with E-state index in [1.54, 1.807) is 6.92 Å². The maximum Gasteiger partial charge on any atom is 0.355 e. The van der Waals surface area contributed by atoms with Crippen LogP contribution in [0.1, 0.15) is 28.5 Å². The number of aromatic amines is 1. The molecule has 0 bridgehead atoms. The summed E-state index contributed by atoms with van der Waals surface area (Å²) in [6.07, 6.45) is 0. The molecule has 4 rings (SSSR count). The van der Waals surface area contributed by atoms with Gasteiger partial charge in [-0.2, -0.15) is 0 Å². The second-order valence-corrected chi connectivity index (χ2v) is 6.66. The fourth-order valence-electron chi connectivity index (χ4n) is 3.54. The van der Waals surface area contributed by atoms with E-state index >= 15 is 0 Å². The average molecular weight is 356 g/mol. The lowest BCUT2D eigenvalue weighted by Crippen LogP contribution is -2.48. The number of nitrogens with one attached hydrogen (secondary N) is 1. The standard InChI is InChI=1S/C20H18ClNO3/c1-2-25-19(23)18-17(15-10-14(21)8-9-16(15)22-18)20(11-24-12-20)13-6-4-3-5-7-13/h3-10,22H,2,11-12H2,1H3. The molecule has 0 radical (unpaired) electrons. The summed E-state index contributed by atoms with van der Waals surface area (Å²) >= 11 is 6.24. The minimum absolute atomic E-state index is 0.323. The summed E-state index contributed by atoms with van der Waals surface area (Å²) in [5.74, 6) is -0.355. The molecule has 1 N–H and O–H groups in total. The summed E-state index contributed by atoms with van der Waals surface area (Å²) in [5.41, 5.74) is 2.98. The molecule has 1 aromatic heterocycles. The molecular formula is C20H18ClNO3. The minimum Gasteiger partial charge on any atom is -0.461 e. The van der Waals surface area contributed by atoms with Crippen LogP contribution in [0, 0.1) is 0 Å². The molecule has 1 aliphatic rings. The van der Waals surface area contributed by atoms with E-state index in [-0.39, 0.29) is 11.4 Å². The van der Waals surface area contributed by atoms with E-state index in [9.17, 15) is 4.79 Å². The first-order valence-corrected chi connectivity index (χ1v) is 8.65. The van der Waals surface area contributed by atoms with Crippen LogP contribution in [0.15, 0.2) is 48.5 Å². The number of esters is 1. The highest BCUT2D eigenvalue weighted by Gasteiger charge is 2.46. The largest absolute Gasteiger partial charge is 0.461 e. The van der Waals surface area contributed by atoms with E-state index in [2.05, 4.69) is 17.1 Å². The van der Waals surface area contributed by atoms with Crippen LogP contribution in [0.5, 0.6) is 0 Å². The maximum atomic E-state index is 12.6. The molecule has 1 saturated heterocycles. The Labute approximate surface area is 150 Å². The van der Waals surface area contributed by atoms with Crippen LogP contribution in [0.3, 0.4) is 0 Å². The Bertz CT molecular complexity index is 929. The zero-order valence-corrected chi connectivity index (χ0v) is 14.6. The van der Waals surface area contributed by atoms with E-state index < -0.39 is 0 Å². The molecule has 25 heavy (non-hydrogen) atoms. The van der Waals surface area contributed by atoms with Crippen LogP contribution < -0.4 is 0 Å². The van der Waals surface area contributed by atoms with E-state index in [1.165, 1.54) is 0 Å². The van der Waals surface area contributed by atoms with Crippen molar-refractivity contribution in [3.63, 3.8) is 0 Å². The minimum atomic E-state index is -0.383. The van der Waals surface area contributed by atoms with Crippen molar-refractivity contribution in [2.24, 2.45) is 0 Å². The van der Waals surface area contributed by atoms with E-state index in [0.717, 1.165) is 22.0 Å². The highest BCUT2D eigenvalue weighted by molar-refractivity contribution is 6.31. The predicted octanol–water partition coefficient (Wildman–Crippen LogP) is 4.31. The molecule has 4 nitrogen and oxygen atoms in total. The molecule has 0 saturated carbocycles. The van der Waals surface area contributed by atoms with Crippen molar-refractivity contribution in [3.8, 4) is 0 Å². The fourth-order valence-corrected chi connectivity index (χ4v) is 3.71. The number of halogens is 1. The Balaban J connectivity index is 2.00. The Morgan fingerprint density at radius 1 is 1.24 bits per heavy atom. The number of ether oxygens (including phenoxy) is 2. The predicted molar refractivity (Wildman–Crippen MR) is 97.3 cm³/mol. The van der Waals surface area contributed by atoms with Crippen LogP contribution >= 0.6 is 11.6 Å². The van der Waals surface area contributed by atoms with Gasteiger partial charge in [0.25, 0.3) is 0 Å². The van der Waals surface area contributed by atoms with Crippen LogP contribution in [0.2, 0.25) is 5.02 Å². The molecule has 0 atom stereocenters. The van der Waals surface area contributed by atoms with Gasteiger partial charge in [0.1, 0.15) is 5.69 Å². The SMILES string of the molecule is CCOC(=O)c1[nH]c2ccc(Cl)cc2c1C1(c2ccccc2)COC1. The Hall–Kier alpha value is -2.30. The lowest BCUT2D eigenvalue weighted by molar-refractivity contribution is -0.0378. The molecule has 0 spiro atoms. The monoisotopic (exact) mass is 355 g/mol. The number of rotatable bonds is 4. The first-order chi connectivity index (χ1) is 12.2. The number of H-pyrrole nitrogens is 1. The second kappa shape index (κ2) is 6.21. The van der Waals surface area contributed by atoms with Crippen molar-refractivity contribution < 1.29 is 14.3 Å². The Kier molecular flexibility index (Phi) is 4.02. The third-order valence-electron chi connectivity index (χ3n) is 4.74. The van der Waals surface area contributed by atoms with Gasteiger partial charge in [-0.1, -0.05) is 41.9 Å². The molecule has 0 aliphatic carbocycles. The first kappa shape index (κ1) is 16.2. The number of hydrogen-bond acceptors (Lipinski definition) is 3. The van der Waals surface area contributed by atoms with Gasteiger partial charge in [-0.05, 0) is 30.7 Å². The molecule has 0 amide bonds. The number of benzene rings is 2. The Morgan fingerprint density at radius 2 is 2.00 bits per heavy atom. The van der Waals surface area contributed by atoms with Gasteiger partial charge in [0.2, 0.25) is 0 Å². The average Bonchev–Trinajstić information content (AvgIpc) is 2.95. The van der Waals surface area contributed by atoms with Gasteiger partial charge in [-0.3, -0.25) is 0 Å². The van der Waals surface area contributed by atoms with Gasteiger partial charge in [0, 0.05) is 21.5 Å². The smallest absolute Gasteiger partial charge is 0.355 e. The van der Waals surface area contributed by atoms with Crippen molar-refractivity contribution in [2.75, 3.05) is 19.8 Å². The van der Waals surface area contributed by atoms with Crippen molar-refractivity contribution in [1.82, 2.24) is 4.98 Å². The Morgan fingerprint density at radius 3 is 2.64 bits per heavy atom. The molecule has 3 aromatic rings. The summed E-state index contributed by atoms with van der Waals surface area (Å²) in [6.45, 7) is 3.16. The van der Waals surface area contributed by atoms with Gasteiger partial charge >= 0.3 is 5.97 Å². The molecule has 1 aliphatic heterocycles. The van der Waals surface area contributed by atoms with E-state index in [1.807, 2.05) is 36.4 Å². The summed E-state index contributed by atoms with van der Waals surface area (Å²) in [7, 11) is 0. The van der Waals surface area contributed by atoms with Crippen LogP contribution in [0.25, 0.3) is 10.9 Å². The molecule has 2 heterocycles. The second-order valence-electron chi connectivity index (χ2n) is 6.23. The number of carbonyl (C=O) groups is 1. The van der Waals surface area contributed by atoms with Crippen LogP contribution in [-0.4, -0.2) is 30.8 Å². The highest BCUT2D eigenvalue weighted by atomic mass is 35.5. The number of fused-ring (bicyclic) bond motifs is 1. The van der Waals surface area contributed by atoms with Gasteiger partial charge in [0.05, 0.1) is 25.2 Å². The van der Waals surface area contributed by atoms with Crippen molar-refractivity contribution in [2.45, 2.75) is 12.3 Å². The zero-order chi connectivity index (χ0) is 17.4. The third kappa shape index (κ3) is 2.53. The summed E-state index contributed by atoms with van der Waals surface area (Å²) < 4.78 is 10.9. The molecule has 0 unspecified atom stereocenters. The maximum absolute atomic E-state index is 12.6. The lowest BCUT2D eigenvalue weighted by Gasteiger charge is -2.42.